The van der Waals surface area contributed by atoms with Gasteiger partial charge in [-0.25, -0.2) is 4.79 Å². The molecule has 2 aliphatic carbocycles. The molecule has 9 heteroatoms. The van der Waals surface area contributed by atoms with E-state index in [-0.39, 0.29) is 36.5 Å². The zero-order valence-corrected chi connectivity index (χ0v) is 27.3. The summed E-state index contributed by atoms with van der Waals surface area (Å²) in [6, 6.07) is -0.947. The number of hydrogen-bond donors (Lipinski definition) is 3. The number of nitrogens with one attached hydrogen (secondary N) is 1. The largest absolute Gasteiger partial charge is 0.481 e. The number of ether oxygens (including phenoxy) is 2. The molecule has 0 aliphatic heterocycles. The third-order valence-corrected chi connectivity index (χ3v) is 7.14. The van der Waals surface area contributed by atoms with Gasteiger partial charge in [-0.05, 0) is 102 Å². The first-order valence-corrected chi connectivity index (χ1v) is 16.3. The zero-order valence-electron chi connectivity index (χ0n) is 27.3. The smallest absolute Gasteiger partial charge is 0.328 e. The average Bonchev–Trinajstić information content (AvgIpc) is 3.63. The number of esters is 2. The van der Waals surface area contributed by atoms with Crippen LogP contribution in [0.1, 0.15) is 130 Å². The Hall–Kier alpha value is -2.68. The lowest BCUT2D eigenvalue weighted by Crippen LogP contribution is -2.43. The molecule has 0 unspecified atom stereocenters. The lowest BCUT2D eigenvalue weighted by Gasteiger charge is -2.21. The Morgan fingerprint density at radius 3 is 1.65 bits per heavy atom. The van der Waals surface area contributed by atoms with Crippen LogP contribution in [-0.4, -0.2) is 53.2 Å². The quantitative estimate of drug-likeness (QED) is 0.0947. The Balaban J connectivity index is 0.000000688. The van der Waals surface area contributed by atoms with Gasteiger partial charge >= 0.3 is 17.9 Å². The third kappa shape index (κ3) is 22.5. The summed E-state index contributed by atoms with van der Waals surface area (Å²) in [6.45, 7) is 15.3. The topological polar surface area (TPSA) is 145 Å². The minimum Gasteiger partial charge on any atom is -0.481 e. The van der Waals surface area contributed by atoms with Crippen LogP contribution in [0, 0.1) is 11.8 Å². The highest BCUT2D eigenvalue weighted by Gasteiger charge is 2.27. The predicted octanol–water partition coefficient (Wildman–Crippen LogP) is 6.63. The lowest BCUT2D eigenvalue weighted by molar-refractivity contribution is -0.153. The van der Waals surface area contributed by atoms with Gasteiger partial charge in [0.25, 0.3) is 0 Å². The van der Waals surface area contributed by atoms with Crippen LogP contribution < -0.4 is 11.1 Å². The van der Waals surface area contributed by atoms with Gasteiger partial charge in [-0.3, -0.25) is 14.4 Å². The number of amides is 1. The van der Waals surface area contributed by atoms with Gasteiger partial charge in [0.15, 0.2) is 0 Å². The van der Waals surface area contributed by atoms with Crippen LogP contribution >= 0.6 is 0 Å². The van der Waals surface area contributed by atoms with Crippen molar-refractivity contribution in [3.8, 4) is 0 Å². The number of carboxylic acid groups (broad SMARTS) is 1. The van der Waals surface area contributed by atoms with Crippen molar-refractivity contribution in [3.63, 3.8) is 0 Å². The molecule has 0 saturated heterocycles. The van der Waals surface area contributed by atoms with Crippen molar-refractivity contribution in [1.29, 1.82) is 0 Å². The molecule has 248 valence electrons. The third-order valence-electron chi connectivity index (χ3n) is 7.14. The number of nitrogens with two attached hydrogens (primary N) is 1. The molecule has 0 radical (unpaired) electrons. The molecule has 2 aliphatic rings. The molecule has 0 aromatic heterocycles. The molecule has 2 atom stereocenters. The van der Waals surface area contributed by atoms with E-state index >= 15 is 0 Å². The van der Waals surface area contributed by atoms with E-state index in [9.17, 15) is 19.2 Å². The first-order chi connectivity index (χ1) is 20.4. The Labute approximate surface area is 260 Å². The fraction of sp³-hybridized carbons (Fsp3) is 0.765. The molecular formula is C34H60N2O7. The number of allylic oxidation sites excluding steroid dienone is 2. The SMILES string of the molecule is C=CCCCC(=O)N[C@@H](CC(C)C)C(=O)OC1CCCC1.C=CCCCC(=O)O.CC(C)C[C@H](N)C(=O)OC1CCCC1. The van der Waals surface area contributed by atoms with Crippen LogP contribution in [0.4, 0.5) is 0 Å². The van der Waals surface area contributed by atoms with Gasteiger partial charge in [0.2, 0.25) is 5.91 Å². The van der Waals surface area contributed by atoms with E-state index in [2.05, 4.69) is 32.3 Å². The summed E-state index contributed by atoms with van der Waals surface area (Å²) in [5, 5.41) is 10.9. The normalized spacial score (nSPS) is 16.3. The Morgan fingerprint density at radius 2 is 1.23 bits per heavy atom. The summed E-state index contributed by atoms with van der Waals surface area (Å²) in [5.74, 6) is -0.517. The standard InChI is InChI=1S/C17H29NO3.C11H21NO2.C6H10O2/c1-4-5-6-11-16(19)18-15(12-13(2)3)17(20)21-14-9-7-8-10-14;1-8(2)7-10(12)11(13)14-9-5-3-4-6-9;1-2-3-4-5-6(7)8/h4,13-15H,1,5-12H2,2-3H3,(H,18,19);8-10H,3-7,12H2,1-2H3;2H,1,3-5H2,(H,7,8)/t15-;10-;/m00./s1. The van der Waals surface area contributed by atoms with Crippen molar-refractivity contribution in [1.82, 2.24) is 5.32 Å². The van der Waals surface area contributed by atoms with Crippen LogP contribution in [-0.2, 0) is 28.7 Å². The van der Waals surface area contributed by atoms with E-state index in [1.807, 2.05) is 13.8 Å². The lowest BCUT2D eigenvalue weighted by atomic mass is 10.0. The number of hydrogen-bond acceptors (Lipinski definition) is 7. The maximum atomic E-state index is 12.2. The number of carbonyl (C=O) groups is 4. The number of carbonyl (C=O) groups excluding carboxylic acids is 3. The van der Waals surface area contributed by atoms with Gasteiger partial charge in [0.05, 0.1) is 0 Å². The van der Waals surface area contributed by atoms with Crippen molar-refractivity contribution in [2.24, 2.45) is 17.6 Å². The molecular weight excluding hydrogens is 548 g/mol. The number of carboxylic acids is 1. The Morgan fingerprint density at radius 1 is 0.791 bits per heavy atom. The predicted molar refractivity (Wildman–Crippen MR) is 171 cm³/mol. The van der Waals surface area contributed by atoms with Crippen molar-refractivity contribution in [3.05, 3.63) is 25.3 Å². The Kier molecular flexibility index (Phi) is 23.2. The molecule has 9 nitrogen and oxygen atoms in total. The van der Waals surface area contributed by atoms with Gasteiger partial charge in [-0.2, -0.15) is 0 Å². The molecule has 0 aromatic rings. The zero-order chi connectivity index (χ0) is 32.6. The van der Waals surface area contributed by atoms with E-state index in [0.29, 0.717) is 37.5 Å². The summed E-state index contributed by atoms with van der Waals surface area (Å²) in [6.07, 6.45) is 17.4. The molecule has 1 amide bonds. The minimum absolute atomic E-state index is 0.0461. The van der Waals surface area contributed by atoms with Crippen LogP contribution in [0.3, 0.4) is 0 Å². The van der Waals surface area contributed by atoms with Crippen molar-refractivity contribution < 1.29 is 33.8 Å². The fourth-order valence-corrected chi connectivity index (χ4v) is 4.87. The van der Waals surface area contributed by atoms with Crippen molar-refractivity contribution >= 4 is 23.8 Å². The second-order valence-corrected chi connectivity index (χ2v) is 12.4. The molecule has 2 saturated carbocycles. The van der Waals surface area contributed by atoms with E-state index < -0.39 is 18.1 Å². The molecule has 2 rings (SSSR count). The number of unbranched alkanes of at least 4 members (excludes halogenated alkanes) is 2. The maximum Gasteiger partial charge on any atom is 0.328 e. The summed E-state index contributed by atoms with van der Waals surface area (Å²) < 4.78 is 10.8. The molecule has 0 spiro atoms. The van der Waals surface area contributed by atoms with Crippen LogP contribution in [0.5, 0.6) is 0 Å². The molecule has 0 heterocycles. The first-order valence-electron chi connectivity index (χ1n) is 16.3. The summed E-state index contributed by atoms with van der Waals surface area (Å²) >= 11 is 0. The van der Waals surface area contributed by atoms with Gasteiger partial charge in [0.1, 0.15) is 24.3 Å². The molecule has 2 fully saturated rings. The van der Waals surface area contributed by atoms with E-state index in [0.717, 1.165) is 57.8 Å². The monoisotopic (exact) mass is 608 g/mol. The molecule has 4 N–H and O–H groups in total. The molecule has 43 heavy (non-hydrogen) atoms. The highest BCUT2D eigenvalue weighted by molar-refractivity contribution is 5.84. The van der Waals surface area contributed by atoms with Crippen molar-refractivity contribution in [2.75, 3.05) is 0 Å². The van der Waals surface area contributed by atoms with Crippen LogP contribution in [0.2, 0.25) is 0 Å². The second-order valence-electron chi connectivity index (χ2n) is 12.4. The fourth-order valence-electron chi connectivity index (χ4n) is 4.87. The van der Waals surface area contributed by atoms with Gasteiger partial charge in [0, 0.05) is 12.8 Å². The molecule has 0 aromatic carbocycles. The highest BCUT2D eigenvalue weighted by atomic mass is 16.5. The van der Waals surface area contributed by atoms with Crippen molar-refractivity contribution in [2.45, 2.75) is 155 Å². The van der Waals surface area contributed by atoms with E-state index in [1.165, 1.54) is 12.8 Å². The van der Waals surface area contributed by atoms with Crippen LogP contribution in [0.25, 0.3) is 0 Å². The van der Waals surface area contributed by atoms with Gasteiger partial charge in [-0.15, -0.1) is 13.2 Å². The maximum absolute atomic E-state index is 12.2. The Bertz CT molecular complexity index is 816. The van der Waals surface area contributed by atoms with Gasteiger partial charge < -0.3 is 25.6 Å². The number of aliphatic carboxylic acids is 1. The number of rotatable bonds is 17. The minimum atomic E-state index is -0.730. The first kappa shape index (κ1) is 40.3. The van der Waals surface area contributed by atoms with E-state index in [4.69, 9.17) is 20.3 Å². The highest BCUT2D eigenvalue weighted by Crippen LogP contribution is 2.23. The average molecular weight is 609 g/mol. The summed E-state index contributed by atoms with van der Waals surface area (Å²) in [7, 11) is 0. The van der Waals surface area contributed by atoms with Gasteiger partial charge in [-0.1, -0.05) is 39.8 Å². The van der Waals surface area contributed by atoms with Crippen LogP contribution in [0.15, 0.2) is 25.3 Å². The van der Waals surface area contributed by atoms with E-state index in [1.54, 1.807) is 12.2 Å². The summed E-state index contributed by atoms with van der Waals surface area (Å²) in [5.41, 5.74) is 5.72. The summed E-state index contributed by atoms with van der Waals surface area (Å²) in [4.78, 5) is 45.5. The second kappa shape index (κ2) is 24.7. The molecule has 0 bridgehead atoms.